The summed E-state index contributed by atoms with van der Waals surface area (Å²) in [4.78, 5) is 28.4. The molecular formula is C14H18ClN7O3. The Hall–Kier alpha value is -3.14. The van der Waals surface area contributed by atoms with Gasteiger partial charge in [0.05, 0.1) is 12.7 Å². The van der Waals surface area contributed by atoms with Crippen LogP contribution in [0.5, 0.6) is 0 Å². The van der Waals surface area contributed by atoms with E-state index < -0.39 is 18.4 Å². The van der Waals surface area contributed by atoms with Gasteiger partial charge in [-0.3, -0.25) is 14.5 Å². The standard InChI is InChI=1S/C14H17N7O3.ClH/c15-14(16)17-6-10-7-20(19-18-10)8-12(22)21(9-13(23)24)11-4-2-1-3-5-11;/h1-5,7H,6,8-9H2,(H,23,24)(H4,15,16,17);1H. The number of guanidine groups is 1. The topological polar surface area (TPSA) is 153 Å². The van der Waals surface area contributed by atoms with Crippen LogP contribution < -0.4 is 16.4 Å². The van der Waals surface area contributed by atoms with Crippen LogP contribution in [0.15, 0.2) is 41.5 Å². The molecule has 1 aromatic heterocycles. The second-order valence-electron chi connectivity index (χ2n) is 4.86. The molecule has 25 heavy (non-hydrogen) atoms. The SMILES string of the molecule is Cl.NC(N)=NCc1cn(CC(=O)N(CC(=O)O)c2ccccc2)nn1. The zero-order chi connectivity index (χ0) is 17.5. The Morgan fingerprint density at radius 2 is 1.92 bits per heavy atom. The van der Waals surface area contributed by atoms with Gasteiger partial charge in [-0.2, -0.15) is 0 Å². The van der Waals surface area contributed by atoms with Crippen LogP contribution in [0.3, 0.4) is 0 Å². The van der Waals surface area contributed by atoms with Crippen molar-refractivity contribution in [2.45, 2.75) is 13.1 Å². The van der Waals surface area contributed by atoms with Gasteiger partial charge in [-0.05, 0) is 12.1 Å². The molecule has 10 nitrogen and oxygen atoms in total. The summed E-state index contributed by atoms with van der Waals surface area (Å²) in [6.45, 7) is -0.455. The number of carbonyl (C=O) groups excluding carboxylic acids is 1. The lowest BCUT2D eigenvalue weighted by molar-refractivity contribution is -0.136. The maximum absolute atomic E-state index is 12.4. The fourth-order valence-electron chi connectivity index (χ4n) is 1.95. The van der Waals surface area contributed by atoms with Gasteiger partial charge in [0, 0.05) is 5.69 Å². The molecule has 0 bridgehead atoms. The molecule has 1 heterocycles. The molecule has 0 atom stereocenters. The second kappa shape index (κ2) is 9.23. The Bertz CT molecular complexity index is 744. The Kier molecular flexibility index (Phi) is 7.35. The molecular weight excluding hydrogens is 350 g/mol. The van der Waals surface area contributed by atoms with E-state index in [1.54, 1.807) is 30.3 Å². The molecule has 0 spiro atoms. The van der Waals surface area contributed by atoms with Crippen LogP contribution in [0.2, 0.25) is 0 Å². The third-order valence-electron chi connectivity index (χ3n) is 2.97. The highest BCUT2D eigenvalue weighted by molar-refractivity contribution is 5.97. The molecule has 2 rings (SSSR count). The number of rotatable bonds is 7. The maximum atomic E-state index is 12.4. The third kappa shape index (κ3) is 6.11. The number of aliphatic carboxylic acids is 1. The van der Waals surface area contributed by atoms with E-state index in [-0.39, 0.29) is 31.5 Å². The van der Waals surface area contributed by atoms with Crippen molar-refractivity contribution >= 4 is 35.9 Å². The number of nitrogens with two attached hydrogens (primary N) is 2. The minimum atomic E-state index is -1.11. The van der Waals surface area contributed by atoms with Crippen molar-refractivity contribution in [3.63, 3.8) is 0 Å². The van der Waals surface area contributed by atoms with Gasteiger partial charge >= 0.3 is 5.97 Å². The number of halogens is 1. The summed E-state index contributed by atoms with van der Waals surface area (Å²) in [5, 5.41) is 16.7. The number of amides is 1. The van der Waals surface area contributed by atoms with E-state index in [1.165, 1.54) is 15.8 Å². The summed E-state index contributed by atoms with van der Waals surface area (Å²) in [5.74, 6) is -1.61. The number of hydrogen-bond donors (Lipinski definition) is 3. The van der Waals surface area contributed by atoms with Crippen molar-refractivity contribution in [1.29, 1.82) is 0 Å². The molecule has 1 amide bonds. The molecule has 0 unspecified atom stereocenters. The Balaban J connectivity index is 0.00000312. The number of aliphatic imine (C=N–C) groups is 1. The fraction of sp³-hybridized carbons (Fsp3) is 0.214. The van der Waals surface area contributed by atoms with Crippen LogP contribution in [-0.4, -0.2) is 44.5 Å². The lowest BCUT2D eigenvalue weighted by Crippen LogP contribution is -2.38. The molecule has 0 fully saturated rings. The Labute approximate surface area is 149 Å². The fourth-order valence-corrected chi connectivity index (χ4v) is 1.95. The number of anilines is 1. The number of para-hydroxylation sites is 1. The van der Waals surface area contributed by atoms with E-state index in [0.29, 0.717) is 11.4 Å². The smallest absolute Gasteiger partial charge is 0.323 e. The van der Waals surface area contributed by atoms with Crippen LogP contribution >= 0.6 is 12.4 Å². The van der Waals surface area contributed by atoms with Crippen LogP contribution in [-0.2, 0) is 22.7 Å². The summed E-state index contributed by atoms with van der Waals surface area (Å²) >= 11 is 0. The molecule has 0 aliphatic heterocycles. The number of benzene rings is 1. The van der Waals surface area contributed by atoms with Crippen molar-refractivity contribution in [3.8, 4) is 0 Å². The zero-order valence-electron chi connectivity index (χ0n) is 13.1. The lowest BCUT2D eigenvalue weighted by Gasteiger charge is -2.20. The molecule has 0 aliphatic rings. The summed E-state index contributed by atoms with van der Waals surface area (Å²) in [6, 6.07) is 8.54. The number of carboxylic acids is 1. The predicted octanol–water partition coefficient (Wildman–Crippen LogP) is -0.409. The first-order valence-electron chi connectivity index (χ1n) is 6.97. The first kappa shape index (κ1) is 19.9. The molecule has 2 aromatic rings. The molecule has 5 N–H and O–H groups in total. The van der Waals surface area contributed by atoms with Gasteiger partial charge < -0.3 is 16.6 Å². The molecule has 11 heteroatoms. The highest BCUT2D eigenvalue weighted by Gasteiger charge is 2.19. The average molecular weight is 368 g/mol. The quantitative estimate of drug-likeness (QED) is 0.444. The van der Waals surface area contributed by atoms with Crippen molar-refractivity contribution in [2.75, 3.05) is 11.4 Å². The van der Waals surface area contributed by atoms with Gasteiger partial charge in [-0.25, -0.2) is 9.67 Å². The highest BCUT2D eigenvalue weighted by Crippen LogP contribution is 2.13. The summed E-state index contributed by atoms with van der Waals surface area (Å²) < 4.78 is 1.30. The minimum absolute atomic E-state index is 0. The predicted molar refractivity (Wildman–Crippen MR) is 93.2 cm³/mol. The second-order valence-corrected chi connectivity index (χ2v) is 4.86. The summed E-state index contributed by atoms with van der Waals surface area (Å²) in [5.41, 5.74) is 11.4. The van der Waals surface area contributed by atoms with Crippen LogP contribution in [0, 0.1) is 0 Å². The maximum Gasteiger partial charge on any atom is 0.323 e. The third-order valence-corrected chi connectivity index (χ3v) is 2.97. The van der Waals surface area contributed by atoms with E-state index in [9.17, 15) is 9.59 Å². The van der Waals surface area contributed by atoms with Crippen molar-refractivity contribution in [2.24, 2.45) is 16.5 Å². The van der Waals surface area contributed by atoms with Crippen molar-refractivity contribution in [3.05, 3.63) is 42.2 Å². The summed E-state index contributed by atoms with van der Waals surface area (Å²) in [7, 11) is 0. The number of carbonyl (C=O) groups is 2. The van der Waals surface area contributed by atoms with E-state index in [0.717, 1.165) is 0 Å². The van der Waals surface area contributed by atoms with Crippen molar-refractivity contribution < 1.29 is 14.7 Å². The minimum Gasteiger partial charge on any atom is -0.480 e. The first-order chi connectivity index (χ1) is 11.5. The lowest BCUT2D eigenvalue weighted by atomic mass is 10.2. The van der Waals surface area contributed by atoms with Gasteiger partial charge in [-0.15, -0.1) is 17.5 Å². The molecule has 134 valence electrons. The number of aromatic nitrogens is 3. The molecule has 0 aliphatic carbocycles. The van der Waals surface area contributed by atoms with E-state index in [1.807, 2.05) is 0 Å². The Morgan fingerprint density at radius 3 is 2.52 bits per heavy atom. The van der Waals surface area contributed by atoms with Crippen LogP contribution in [0.1, 0.15) is 5.69 Å². The van der Waals surface area contributed by atoms with E-state index in [4.69, 9.17) is 16.6 Å². The van der Waals surface area contributed by atoms with E-state index >= 15 is 0 Å². The summed E-state index contributed by atoms with van der Waals surface area (Å²) in [6.07, 6.45) is 1.52. The zero-order valence-corrected chi connectivity index (χ0v) is 14.0. The average Bonchev–Trinajstić information content (AvgIpc) is 2.98. The largest absolute Gasteiger partial charge is 0.480 e. The number of nitrogens with zero attached hydrogens (tertiary/aromatic N) is 5. The van der Waals surface area contributed by atoms with Gasteiger partial charge in [0.25, 0.3) is 0 Å². The molecule has 0 saturated heterocycles. The van der Waals surface area contributed by atoms with Crippen LogP contribution in [0.25, 0.3) is 0 Å². The van der Waals surface area contributed by atoms with Gasteiger partial charge in [-0.1, -0.05) is 23.4 Å². The number of hydrogen-bond acceptors (Lipinski definition) is 5. The van der Waals surface area contributed by atoms with Crippen molar-refractivity contribution in [1.82, 2.24) is 15.0 Å². The van der Waals surface area contributed by atoms with Gasteiger partial charge in [0.1, 0.15) is 18.8 Å². The monoisotopic (exact) mass is 367 g/mol. The normalized spacial score (nSPS) is 9.76. The van der Waals surface area contributed by atoms with Crippen LogP contribution in [0.4, 0.5) is 5.69 Å². The first-order valence-corrected chi connectivity index (χ1v) is 6.97. The van der Waals surface area contributed by atoms with Gasteiger partial charge in [0.2, 0.25) is 5.91 Å². The Morgan fingerprint density at radius 1 is 1.24 bits per heavy atom. The molecule has 1 aromatic carbocycles. The van der Waals surface area contributed by atoms with Gasteiger partial charge in [0.15, 0.2) is 5.96 Å². The highest BCUT2D eigenvalue weighted by atomic mass is 35.5. The molecule has 0 radical (unpaired) electrons. The van der Waals surface area contributed by atoms with E-state index in [2.05, 4.69) is 15.3 Å². The number of carboxylic acid groups (broad SMARTS) is 1. The molecule has 0 saturated carbocycles.